The Hall–Kier alpha value is -0.320. The van der Waals surface area contributed by atoms with Crippen LogP contribution in [-0.2, 0) is 6.54 Å². The van der Waals surface area contributed by atoms with Crippen LogP contribution in [0.15, 0.2) is 23.1 Å². The van der Waals surface area contributed by atoms with Gasteiger partial charge in [-0.25, -0.2) is 0 Å². The van der Waals surface area contributed by atoms with Crippen LogP contribution in [0.5, 0.6) is 0 Å². The summed E-state index contributed by atoms with van der Waals surface area (Å²) in [6, 6.07) is 7.23. The average molecular weight is 282 g/mol. The highest BCUT2D eigenvalue weighted by molar-refractivity contribution is 7.99. The molecular formula is C14H22N2S2. The van der Waals surface area contributed by atoms with E-state index in [9.17, 15) is 0 Å². The fraction of sp³-hybridized carbons (Fsp3) is 0.571. The molecule has 0 bridgehead atoms. The molecule has 1 saturated heterocycles. The smallest absolute Gasteiger partial charge is 0.0423 e. The molecule has 18 heavy (non-hydrogen) atoms. The molecule has 2 rings (SSSR count). The maximum atomic E-state index is 5.97. The molecular weight excluding hydrogens is 260 g/mol. The van der Waals surface area contributed by atoms with Crippen molar-refractivity contribution < 1.29 is 0 Å². The van der Waals surface area contributed by atoms with E-state index in [2.05, 4.69) is 48.8 Å². The van der Waals surface area contributed by atoms with Gasteiger partial charge in [0.05, 0.1) is 0 Å². The summed E-state index contributed by atoms with van der Waals surface area (Å²) in [7, 11) is 2.21. The standard InChI is InChI=1S/C14H22N2S2/c1-3-18-14-6-4-5-13(12(14)9-15)16(2)11-7-8-17-10-11/h4-6,11H,3,7-10,15H2,1-2H3. The van der Waals surface area contributed by atoms with E-state index in [-0.39, 0.29) is 0 Å². The quantitative estimate of drug-likeness (QED) is 0.840. The van der Waals surface area contributed by atoms with Crippen molar-refractivity contribution in [1.82, 2.24) is 0 Å². The van der Waals surface area contributed by atoms with E-state index in [0.717, 1.165) is 5.75 Å². The van der Waals surface area contributed by atoms with Crippen molar-refractivity contribution in [2.24, 2.45) is 5.73 Å². The molecule has 2 N–H and O–H groups in total. The molecule has 1 aliphatic heterocycles. The van der Waals surface area contributed by atoms with Gasteiger partial charge in [0.25, 0.3) is 0 Å². The van der Waals surface area contributed by atoms with Gasteiger partial charge in [-0.2, -0.15) is 11.8 Å². The summed E-state index contributed by atoms with van der Waals surface area (Å²) in [5, 5.41) is 0. The van der Waals surface area contributed by atoms with Crippen LogP contribution >= 0.6 is 23.5 Å². The van der Waals surface area contributed by atoms with Crippen LogP contribution in [0.2, 0.25) is 0 Å². The zero-order valence-corrected chi connectivity index (χ0v) is 12.8. The first-order chi connectivity index (χ1) is 8.77. The Morgan fingerprint density at radius 2 is 2.33 bits per heavy atom. The van der Waals surface area contributed by atoms with E-state index < -0.39 is 0 Å². The van der Waals surface area contributed by atoms with E-state index >= 15 is 0 Å². The zero-order valence-electron chi connectivity index (χ0n) is 11.2. The number of benzene rings is 1. The lowest BCUT2D eigenvalue weighted by Crippen LogP contribution is -2.32. The second-order valence-electron chi connectivity index (χ2n) is 4.52. The molecule has 0 spiro atoms. The van der Waals surface area contributed by atoms with Crippen molar-refractivity contribution in [3.63, 3.8) is 0 Å². The fourth-order valence-corrected chi connectivity index (χ4v) is 4.52. The van der Waals surface area contributed by atoms with Gasteiger partial charge < -0.3 is 10.6 Å². The highest BCUT2D eigenvalue weighted by atomic mass is 32.2. The Morgan fingerprint density at radius 3 is 2.94 bits per heavy atom. The van der Waals surface area contributed by atoms with Crippen LogP contribution in [0.3, 0.4) is 0 Å². The molecule has 2 nitrogen and oxygen atoms in total. The largest absolute Gasteiger partial charge is 0.370 e. The molecule has 0 aromatic heterocycles. The normalized spacial score (nSPS) is 19.2. The van der Waals surface area contributed by atoms with E-state index in [4.69, 9.17) is 5.73 Å². The third-order valence-electron chi connectivity index (χ3n) is 3.45. The predicted octanol–water partition coefficient (Wildman–Crippen LogP) is 3.20. The number of thioether (sulfide) groups is 2. The molecule has 1 atom stereocenters. The lowest BCUT2D eigenvalue weighted by Gasteiger charge is -2.29. The second-order valence-corrected chi connectivity index (χ2v) is 6.97. The molecule has 1 unspecified atom stereocenters. The highest BCUT2D eigenvalue weighted by Crippen LogP contribution is 2.33. The molecule has 1 heterocycles. The van der Waals surface area contributed by atoms with E-state index in [1.165, 1.54) is 34.1 Å². The Bertz CT molecular complexity index is 389. The summed E-state index contributed by atoms with van der Waals surface area (Å²) in [5.41, 5.74) is 8.60. The van der Waals surface area contributed by atoms with Gasteiger partial charge >= 0.3 is 0 Å². The van der Waals surface area contributed by atoms with Crippen LogP contribution in [0, 0.1) is 0 Å². The molecule has 1 fully saturated rings. The molecule has 0 amide bonds. The van der Waals surface area contributed by atoms with Crippen LogP contribution in [0.1, 0.15) is 18.9 Å². The molecule has 1 aromatic rings. The summed E-state index contributed by atoms with van der Waals surface area (Å²) in [6.07, 6.45) is 1.29. The molecule has 0 radical (unpaired) electrons. The first-order valence-electron chi connectivity index (χ1n) is 6.53. The van der Waals surface area contributed by atoms with Crippen molar-refractivity contribution >= 4 is 29.2 Å². The molecule has 0 saturated carbocycles. The Balaban J connectivity index is 2.27. The molecule has 0 aliphatic carbocycles. The Labute approximate surface area is 119 Å². The van der Waals surface area contributed by atoms with Crippen LogP contribution < -0.4 is 10.6 Å². The Kier molecular flexibility index (Phi) is 5.27. The van der Waals surface area contributed by atoms with Gasteiger partial charge in [-0.05, 0) is 30.1 Å². The molecule has 100 valence electrons. The SMILES string of the molecule is CCSc1cccc(N(C)C2CCSC2)c1CN. The summed E-state index contributed by atoms with van der Waals surface area (Å²) >= 11 is 3.94. The Morgan fingerprint density at radius 1 is 1.50 bits per heavy atom. The van der Waals surface area contributed by atoms with Gasteiger partial charge in [-0.1, -0.05) is 13.0 Å². The fourth-order valence-electron chi connectivity index (χ4n) is 2.40. The first kappa shape index (κ1) is 14.1. The first-order valence-corrected chi connectivity index (χ1v) is 8.67. The van der Waals surface area contributed by atoms with Crippen molar-refractivity contribution in [3.8, 4) is 0 Å². The van der Waals surface area contributed by atoms with Crippen LogP contribution in [-0.4, -0.2) is 30.3 Å². The number of rotatable bonds is 5. The van der Waals surface area contributed by atoms with Crippen LogP contribution in [0.4, 0.5) is 5.69 Å². The summed E-state index contributed by atoms with van der Waals surface area (Å²) in [5.74, 6) is 3.63. The van der Waals surface area contributed by atoms with Gasteiger partial charge in [0, 0.05) is 41.5 Å². The van der Waals surface area contributed by atoms with Gasteiger partial charge in [-0.15, -0.1) is 11.8 Å². The van der Waals surface area contributed by atoms with Crippen molar-refractivity contribution in [2.75, 3.05) is 29.2 Å². The number of hydrogen-bond donors (Lipinski definition) is 1. The monoisotopic (exact) mass is 282 g/mol. The third kappa shape index (κ3) is 2.98. The molecule has 1 aromatic carbocycles. The van der Waals surface area contributed by atoms with Crippen molar-refractivity contribution in [2.45, 2.75) is 30.8 Å². The lowest BCUT2D eigenvalue weighted by atomic mass is 10.1. The second kappa shape index (κ2) is 6.73. The lowest BCUT2D eigenvalue weighted by molar-refractivity contribution is 0.695. The third-order valence-corrected chi connectivity index (χ3v) is 5.57. The average Bonchev–Trinajstić information content (AvgIpc) is 2.92. The number of anilines is 1. The molecule has 4 heteroatoms. The maximum absolute atomic E-state index is 5.97. The summed E-state index contributed by atoms with van der Waals surface area (Å²) in [4.78, 5) is 3.78. The van der Waals surface area contributed by atoms with Gasteiger partial charge in [-0.3, -0.25) is 0 Å². The van der Waals surface area contributed by atoms with Gasteiger partial charge in [0.15, 0.2) is 0 Å². The predicted molar refractivity (Wildman–Crippen MR) is 84.9 cm³/mol. The minimum Gasteiger partial charge on any atom is -0.370 e. The number of hydrogen-bond acceptors (Lipinski definition) is 4. The molecule has 1 aliphatic rings. The zero-order chi connectivity index (χ0) is 13.0. The van der Waals surface area contributed by atoms with E-state index in [1.807, 2.05) is 11.8 Å². The summed E-state index contributed by atoms with van der Waals surface area (Å²) in [6.45, 7) is 2.82. The van der Waals surface area contributed by atoms with Crippen molar-refractivity contribution in [3.05, 3.63) is 23.8 Å². The number of nitrogens with zero attached hydrogens (tertiary/aromatic N) is 1. The minimum absolute atomic E-state index is 0.628. The summed E-state index contributed by atoms with van der Waals surface area (Å²) < 4.78 is 0. The van der Waals surface area contributed by atoms with Crippen LogP contribution in [0.25, 0.3) is 0 Å². The number of nitrogens with two attached hydrogens (primary N) is 1. The van der Waals surface area contributed by atoms with E-state index in [0.29, 0.717) is 12.6 Å². The van der Waals surface area contributed by atoms with Crippen molar-refractivity contribution in [1.29, 1.82) is 0 Å². The van der Waals surface area contributed by atoms with Gasteiger partial charge in [0.1, 0.15) is 0 Å². The maximum Gasteiger partial charge on any atom is 0.0423 e. The topological polar surface area (TPSA) is 29.3 Å². The van der Waals surface area contributed by atoms with E-state index in [1.54, 1.807) is 0 Å². The van der Waals surface area contributed by atoms with Gasteiger partial charge in [0.2, 0.25) is 0 Å². The highest BCUT2D eigenvalue weighted by Gasteiger charge is 2.22. The minimum atomic E-state index is 0.628.